The van der Waals surface area contributed by atoms with E-state index >= 15 is 0 Å². The first-order valence-electron chi connectivity index (χ1n) is 6.13. The largest absolute Gasteiger partial charge is 0.481 e. The van der Waals surface area contributed by atoms with Crippen molar-refractivity contribution in [1.29, 1.82) is 0 Å². The fraction of sp³-hybridized carbons (Fsp3) is 0.538. The van der Waals surface area contributed by atoms with Crippen molar-refractivity contribution >= 4 is 5.97 Å². The number of rotatable bonds is 4. The van der Waals surface area contributed by atoms with Crippen molar-refractivity contribution < 1.29 is 9.90 Å². The molecule has 0 amide bonds. The van der Waals surface area contributed by atoms with Gasteiger partial charge in [0, 0.05) is 25.0 Å². The van der Waals surface area contributed by atoms with E-state index < -0.39 is 5.97 Å². The van der Waals surface area contributed by atoms with Gasteiger partial charge in [-0.15, -0.1) is 0 Å². The summed E-state index contributed by atoms with van der Waals surface area (Å²) in [5.74, 6) is -0.722. The average molecular weight is 234 g/mol. The van der Waals surface area contributed by atoms with Crippen LogP contribution in [-0.2, 0) is 4.79 Å². The Balaban J connectivity index is 2.04. The Morgan fingerprint density at radius 2 is 2.41 bits per heavy atom. The van der Waals surface area contributed by atoms with Crippen LogP contribution in [0.15, 0.2) is 24.5 Å². The van der Waals surface area contributed by atoms with E-state index in [9.17, 15) is 4.79 Å². The number of hydrogen-bond donors (Lipinski definition) is 1. The Morgan fingerprint density at radius 1 is 1.53 bits per heavy atom. The van der Waals surface area contributed by atoms with Crippen LogP contribution in [0.4, 0.5) is 0 Å². The number of likely N-dealkylation sites (tertiary alicyclic amines) is 1. The number of pyridine rings is 1. The highest BCUT2D eigenvalue weighted by atomic mass is 16.4. The first-order chi connectivity index (χ1) is 8.27. The van der Waals surface area contributed by atoms with Crippen molar-refractivity contribution in [3.05, 3.63) is 30.1 Å². The Hall–Kier alpha value is -1.42. The quantitative estimate of drug-likeness (QED) is 0.866. The average Bonchev–Trinajstić information content (AvgIpc) is 2.38. The SMILES string of the molecule is O=C(O)CCN1CCCC[C@@H]1c1cccnc1. The van der Waals surface area contributed by atoms with E-state index in [0.717, 1.165) is 19.4 Å². The Kier molecular flexibility index (Phi) is 4.09. The van der Waals surface area contributed by atoms with Crippen LogP contribution >= 0.6 is 0 Å². The summed E-state index contributed by atoms with van der Waals surface area (Å²) >= 11 is 0. The smallest absolute Gasteiger partial charge is 0.304 e. The van der Waals surface area contributed by atoms with Gasteiger partial charge in [-0.2, -0.15) is 0 Å². The lowest BCUT2D eigenvalue weighted by Crippen LogP contribution is -2.35. The zero-order valence-corrected chi connectivity index (χ0v) is 9.88. The Morgan fingerprint density at radius 3 is 3.12 bits per heavy atom. The van der Waals surface area contributed by atoms with Crippen molar-refractivity contribution in [2.45, 2.75) is 31.7 Å². The van der Waals surface area contributed by atoms with Crippen molar-refractivity contribution in [2.75, 3.05) is 13.1 Å². The minimum atomic E-state index is -0.722. The van der Waals surface area contributed by atoms with E-state index in [1.54, 1.807) is 6.20 Å². The number of carbonyl (C=O) groups is 1. The maximum Gasteiger partial charge on any atom is 0.304 e. The summed E-state index contributed by atoms with van der Waals surface area (Å²) in [4.78, 5) is 17.1. The minimum absolute atomic E-state index is 0.219. The van der Waals surface area contributed by atoms with Crippen molar-refractivity contribution in [3.63, 3.8) is 0 Å². The summed E-state index contributed by atoms with van der Waals surface area (Å²) < 4.78 is 0. The number of carboxylic acids is 1. The molecule has 4 heteroatoms. The molecule has 4 nitrogen and oxygen atoms in total. The van der Waals surface area contributed by atoms with Gasteiger partial charge in [0.05, 0.1) is 6.42 Å². The molecule has 1 N–H and O–H groups in total. The van der Waals surface area contributed by atoms with Crippen LogP contribution in [0.3, 0.4) is 0 Å². The van der Waals surface area contributed by atoms with Crippen LogP contribution in [0, 0.1) is 0 Å². The van der Waals surface area contributed by atoms with Crippen LogP contribution in [0.2, 0.25) is 0 Å². The molecular weight excluding hydrogens is 216 g/mol. The maximum atomic E-state index is 10.6. The molecule has 0 aromatic carbocycles. The lowest BCUT2D eigenvalue weighted by atomic mass is 9.96. The molecule has 0 bridgehead atoms. The predicted molar refractivity (Wildman–Crippen MR) is 64.7 cm³/mol. The number of nitrogens with zero attached hydrogens (tertiary/aromatic N) is 2. The van der Waals surface area contributed by atoms with Gasteiger partial charge in [-0.1, -0.05) is 12.5 Å². The fourth-order valence-electron chi connectivity index (χ4n) is 2.45. The molecule has 0 radical (unpaired) electrons. The molecule has 0 saturated carbocycles. The van der Waals surface area contributed by atoms with Gasteiger partial charge in [-0.25, -0.2) is 0 Å². The summed E-state index contributed by atoms with van der Waals surface area (Å²) in [6, 6.07) is 4.37. The third kappa shape index (κ3) is 3.27. The van der Waals surface area contributed by atoms with Gasteiger partial charge in [0.2, 0.25) is 0 Å². The van der Waals surface area contributed by atoms with E-state index in [2.05, 4.69) is 16.0 Å². The molecule has 0 spiro atoms. The van der Waals surface area contributed by atoms with Crippen LogP contribution in [-0.4, -0.2) is 34.0 Å². The summed E-state index contributed by atoms with van der Waals surface area (Å²) in [7, 11) is 0. The van der Waals surface area contributed by atoms with Gasteiger partial charge in [0.25, 0.3) is 0 Å². The standard InChI is InChI=1S/C13H18N2O2/c16-13(17)6-9-15-8-2-1-5-12(15)11-4-3-7-14-10-11/h3-4,7,10,12H,1-2,5-6,8-9H2,(H,16,17)/t12-/m1/s1. The molecule has 92 valence electrons. The molecule has 1 aromatic heterocycles. The van der Waals surface area contributed by atoms with Gasteiger partial charge >= 0.3 is 5.97 Å². The Labute approximate surface area is 101 Å². The summed E-state index contributed by atoms with van der Waals surface area (Å²) in [5, 5.41) is 8.76. The molecule has 2 heterocycles. The zero-order chi connectivity index (χ0) is 12.1. The van der Waals surface area contributed by atoms with E-state index in [-0.39, 0.29) is 6.42 Å². The number of aromatic nitrogens is 1. The van der Waals surface area contributed by atoms with E-state index in [1.807, 2.05) is 12.3 Å². The number of piperidine rings is 1. The second-order valence-electron chi connectivity index (χ2n) is 4.48. The van der Waals surface area contributed by atoms with Gasteiger partial charge in [0.15, 0.2) is 0 Å². The zero-order valence-electron chi connectivity index (χ0n) is 9.88. The van der Waals surface area contributed by atoms with Gasteiger partial charge in [0.1, 0.15) is 0 Å². The highest BCUT2D eigenvalue weighted by Gasteiger charge is 2.24. The van der Waals surface area contributed by atoms with E-state index in [4.69, 9.17) is 5.11 Å². The van der Waals surface area contributed by atoms with Gasteiger partial charge < -0.3 is 5.11 Å². The van der Waals surface area contributed by atoms with Crippen molar-refractivity contribution in [3.8, 4) is 0 Å². The fourth-order valence-corrected chi connectivity index (χ4v) is 2.45. The maximum absolute atomic E-state index is 10.6. The summed E-state index contributed by atoms with van der Waals surface area (Å²) in [5.41, 5.74) is 1.21. The second kappa shape index (κ2) is 5.77. The molecular formula is C13H18N2O2. The first kappa shape index (κ1) is 12.0. The summed E-state index contributed by atoms with van der Waals surface area (Å²) in [6.45, 7) is 1.63. The van der Waals surface area contributed by atoms with E-state index in [0.29, 0.717) is 12.6 Å². The Bertz CT molecular complexity index is 367. The molecule has 0 aliphatic carbocycles. The monoisotopic (exact) mass is 234 g/mol. The van der Waals surface area contributed by atoms with Crippen molar-refractivity contribution in [2.24, 2.45) is 0 Å². The molecule has 1 aromatic rings. The number of carboxylic acid groups (broad SMARTS) is 1. The topological polar surface area (TPSA) is 53.4 Å². The molecule has 1 fully saturated rings. The lowest BCUT2D eigenvalue weighted by Gasteiger charge is -2.35. The lowest BCUT2D eigenvalue weighted by molar-refractivity contribution is -0.137. The van der Waals surface area contributed by atoms with Crippen LogP contribution in [0.5, 0.6) is 0 Å². The number of aliphatic carboxylic acids is 1. The highest BCUT2D eigenvalue weighted by Crippen LogP contribution is 2.30. The minimum Gasteiger partial charge on any atom is -0.481 e. The van der Waals surface area contributed by atoms with Crippen LogP contribution in [0.1, 0.15) is 37.3 Å². The highest BCUT2D eigenvalue weighted by molar-refractivity contribution is 5.66. The van der Waals surface area contributed by atoms with E-state index in [1.165, 1.54) is 12.0 Å². The van der Waals surface area contributed by atoms with Gasteiger partial charge in [-0.05, 0) is 31.0 Å². The van der Waals surface area contributed by atoms with Crippen LogP contribution < -0.4 is 0 Å². The normalized spacial score (nSPS) is 21.3. The molecule has 1 atom stereocenters. The third-order valence-electron chi connectivity index (χ3n) is 3.30. The van der Waals surface area contributed by atoms with Crippen molar-refractivity contribution in [1.82, 2.24) is 9.88 Å². The molecule has 1 saturated heterocycles. The van der Waals surface area contributed by atoms with Gasteiger partial charge in [-0.3, -0.25) is 14.7 Å². The third-order valence-corrected chi connectivity index (χ3v) is 3.30. The summed E-state index contributed by atoms with van der Waals surface area (Å²) in [6.07, 6.45) is 7.36. The van der Waals surface area contributed by atoms with Crippen LogP contribution in [0.25, 0.3) is 0 Å². The molecule has 2 rings (SSSR count). The molecule has 0 unspecified atom stereocenters. The first-order valence-corrected chi connectivity index (χ1v) is 6.13. The molecule has 17 heavy (non-hydrogen) atoms. The predicted octanol–water partition coefficient (Wildman–Crippen LogP) is 2.08. The molecule has 1 aliphatic heterocycles. The number of hydrogen-bond acceptors (Lipinski definition) is 3. The molecule has 1 aliphatic rings. The second-order valence-corrected chi connectivity index (χ2v) is 4.48.